The van der Waals surface area contributed by atoms with Crippen LogP contribution in [0, 0.1) is 5.41 Å². The molecular formula is C31H49BrN4O2. The predicted octanol–water partition coefficient (Wildman–Crippen LogP) is 7.99. The van der Waals surface area contributed by atoms with Crippen LogP contribution in [0.2, 0.25) is 0 Å². The standard InChI is InChI=1S/C31H49BrN4O2/c1-8-12-14-16-30(6,15-13-9-2)21-38-29-34-25-19-24(32)27(33-22(5)10-3)23(11-4)26(25)28(35-29)36-18-17-31(7,37)20-36/h11,19,22,37H,8-10,12-18,20-21H2,1-7H3/b23-11-,33-27?. The second-order valence-corrected chi connectivity index (χ2v) is 12.7. The molecule has 2 heterocycles. The van der Waals surface area contributed by atoms with E-state index < -0.39 is 5.60 Å². The number of nitrogens with zero attached hydrogens (tertiary/aromatic N) is 4. The molecule has 0 spiro atoms. The van der Waals surface area contributed by atoms with Crippen molar-refractivity contribution >= 4 is 39.1 Å². The second kappa shape index (κ2) is 13.6. The van der Waals surface area contributed by atoms with Gasteiger partial charge in [0.2, 0.25) is 0 Å². The van der Waals surface area contributed by atoms with E-state index in [-0.39, 0.29) is 11.5 Å². The summed E-state index contributed by atoms with van der Waals surface area (Å²) >= 11 is 3.78. The number of ether oxygens (including phenoxy) is 1. The molecule has 7 heteroatoms. The molecule has 3 rings (SSSR count). The number of anilines is 1. The Morgan fingerprint density at radius 1 is 1.21 bits per heavy atom. The molecule has 1 aromatic rings. The van der Waals surface area contributed by atoms with Crippen LogP contribution in [0.4, 0.5) is 5.82 Å². The summed E-state index contributed by atoms with van der Waals surface area (Å²) < 4.78 is 7.35. The third-order valence-electron chi connectivity index (χ3n) is 7.96. The molecule has 1 aromatic heterocycles. The van der Waals surface area contributed by atoms with Crippen LogP contribution in [-0.4, -0.2) is 52.1 Å². The highest BCUT2D eigenvalue weighted by molar-refractivity contribution is 9.12. The number of halogens is 1. The Morgan fingerprint density at radius 2 is 1.92 bits per heavy atom. The summed E-state index contributed by atoms with van der Waals surface area (Å²) in [5.74, 6) is 0.824. The molecule has 38 heavy (non-hydrogen) atoms. The van der Waals surface area contributed by atoms with E-state index in [0.717, 1.165) is 58.6 Å². The average Bonchev–Trinajstić information content (AvgIpc) is 3.25. The minimum Gasteiger partial charge on any atom is -0.463 e. The largest absolute Gasteiger partial charge is 0.463 e. The van der Waals surface area contributed by atoms with Crippen LogP contribution in [0.3, 0.4) is 0 Å². The van der Waals surface area contributed by atoms with Crippen molar-refractivity contribution in [2.75, 3.05) is 24.6 Å². The zero-order valence-corrected chi connectivity index (χ0v) is 26.3. The van der Waals surface area contributed by atoms with Crippen molar-refractivity contribution < 1.29 is 9.84 Å². The van der Waals surface area contributed by atoms with Crippen LogP contribution in [0.5, 0.6) is 6.01 Å². The lowest BCUT2D eigenvalue weighted by Gasteiger charge is -2.30. The van der Waals surface area contributed by atoms with E-state index in [1.807, 2.05) is 19.9 Å². The predicted molar refractivity (Wildman–Crippen MR) is 164 cm³/mol. The molecule has 6 nitrogen and oxygen atoms in total. The van der Waals surface area contributed by atoms with E-state index in [9.17, 15) is 5.11 Å². The molecule has 3 atom stereocenters. The van der Waals surface area contributed by atoms with Crippen LogP contribution in [0.25, 0.3) is 11.6 Å². The fourth-order valence-electron chi connectivity index (χ4n) is 5.30. The van der Waals surface area contributed by atoms with Gasteiger partial charge >= 0.3 is 6.01 Å². The maximum absolute atomic E-state index is 10.8. The molecule has 212 valence electrons. The molecule has 3 unspecified atom stereocenters. The zero-order valence-electron chi connectivity index (χ0n) is 24.7. The molecule has 0 saturated carbocycles. The Labute approximate surface area is 239 Å². The summed E-state index contributed by atoms with van der Waals surface area (Å²) in [6, 6.07) is 0.619. The molecule has 1 aliphatic carbocycles. The molecular weight excluding hydrogens is 540 g/mol. The van der Waals surface area contributed by atoms with Gasteiger partial charge in [-0.3, -0.25) is 4.99 Å². The maximum Gasteiger partial charge on any atom is 0.318 e. The summed E-state index contributed by atoms with van der Waals surface area (Å²) in [5.41, 5.74) is 3.12. The third-order valence-corrected chi connectivity index (χ3v) is 8.56. The van der Waals surface area contributed by atoms with Crippen molar-refractivity contribution in [3.63, 3.8) is 0 Å². The molecule has 1 N–H and O–H groups in total. The lowest BCUT2D eigenvalue weighted by molar-refractivity contribution is 0.0838. The van der Waals surface area contributed by atoms with Gasteiger partial charge in [-0.2, -0.15) is 9.97 Å². The molecule has 1 saturated heterocycles. The highest BCUT2D eigenvalue weighted by Crippen LogP contribution is 2.41. The van der Waals surface area contributed by atoms with Gasteiger partial charge in [-0.05, 0) is 68.5 Å². The summed E-state index contributed by atoms with van der Waals surface area (Å²) in [4.78, 5) is 17.1. The lowest BCUT2D eigenvalue weighted by atomic mass is 9.81. The molecule has 1 fully saturated rings. The fraction of sp³-hybridized carbons (Fsp3) is 0.710. The Balaban J connectivity index is 2.03. The van der Waals surface area contributed by atoms with Crippen molar-refractivity contribution in [1.29, 1.82) is 0 Å². The molecule has 2 aliphatic rings. The van der Waals surface area contributed by atoms with Gasteiger partial charge in [0, 0.05) is 34.6 Å². The van der Waals surface area contributed by atoms with Gasteiger partial charge in [-0.1, -0.05) is 65.9 Å². The summed E-state index contributed by atoms with van der Waals surface area (Å²) in [6.07, 6.45) is 14.2. The first kappa shape index (κ1) is 30.8. The van der Waals surface area contributed by atoms with Crippen LogP contribution in [0.1, 0.15) is 118 Å². The number of β-amino-alcohol motifs (C(OH)–C–C–N with tert-alkyl or cyclic N) is 1. The van der Waals surface area contributed by atoms with E-state index in [1.165, 1.54) is 32.1 Å². The van der Waals surface area contributed by atoms with E-state index in [2.05, 4.69) is 61.5 Å². The Hall–Kier alpha value is -1.73. The zero-order chi connectivity index (χ0) is 27.9. The Bertz CT molecular complexity index is 1050. The van der Waals surface area contributed by atoms with Gasteiger partial charge in [0.05, 0.1) is 29.2 Å². The molecule has 0 amide bonds. The van der Waals surface area contributed by atoms with Gasteiger partial charge < -0.3 is 14.7 Å². The highest BCUT2D eigenvalue weighted by Gasteiger charge is 2.36. The second-order valence-electron chi connectivity index (χ2n) is 11.8. The number of allylic oxidation sites excluding steroid dienone is 3. The first-order valence-electron chi connectivity index (χ1n) is 14.7. The number of aliphatic hydroxyl groups is 1. The summed E-state index contributed by atoms with van der Waals surface area (Å²) in [7, 11) is 0. The van der Waals surface area contributed by atoms with Crippen molar-refractivity contribution in [2.24, 2.45) is 10.4 Å². The average molecular weight is 590 g/mol. The lowest BCUT2D eigenvalue weighted by Crippen LogP contribution is -2.32. The van der Waals surface area contributed by atoms with Crippen LogP contribution < -0.4 is 9.64 Å². The van der Waals surface area contributed by atoms with Gasteiger partial charge in [-0.15, -0.1) is 0 Å². The minimum absolute atomic E-state index is 0.100. The van der Waals surface area contributed by atoms with Gasteiger partial charge in [-0.25, -0.2) is 0 Å². The maximum atomic E-state index is 10.8. The number of unbranched alkanes of at least 4 members (excludes halogenated alkanes) is 3. The van der Waals surface area contributed by atoms with E-state index in [1.54, 1.807) is 0 Å². The van der Waals surface area contributed by atoms with Crippen molar-refractivity contribution in [3.8, 4) is 6.01 Å². The molecule has 0 aromatic carbocycles. The first-order valence-corrected chi connectivity index (χ1v) is 15.5. The van der Waals surface area contributed by atoms with E-state index in [4.69, 9.17) is 19.7 Å². The SMILES string of the molecule is C/C=C1\C(=NC(C)CC)C(Br)=Cc2nc(OCC(C)(CCCC)CCCCC)nc(N3CCC(C)(O)C3)c21. The van der Waals surface area contributed by atoms with Crippen molar-refractivity contribution in [2.45, 2.75) is 118 Å². The fourth-order valence-corrected chi connectivity index (χ4v) is 5.83. The molecule has 1 aliphatic heterocycles. The molecule has 0 bridgehead atoms. The Kier molecular flexibility index (Phi) is 11.0. The number of hydrogen-bond donors (Lipinski definition) is 1. The number of fused-ring (bicyclic) bond motifs is 1. The van der Waals surface area contributed by atoms with E-state index >= 15 is 0 Å². The van der Waals surface area contributed by atoms with Gasteiger partial charge in [0.25, 0.3) is 0 Å². The summed E-state index contributed by atoms with van der Waals surface area (Å²) in [5, 5.41) is 10.8. The third kappa shape index (κ3) is 7.68. The van der Waals surface area contributed by atoms with Crippen LogP contribution in [0.15, 0.2) is 15.6 Å². The Morgan fingerprint density at radius 3 is 2.53 bits per heavy atom. The van der Waals surface area contributed by atoms with Crippen molar-refractivity contribution in [3.05, 3.63) is 21.8 Å². The summed E-state index contributed by atoms with van der Waals surface area (Å²) in [6.45, 7) is 17.0. The monoisotopic (exact) mass is 588 g/mol. The minimum atomic E-state index is -0.744. The van der Waals surface area contributed by atoms with Crippen molar-refractivity contribution in [1.82, 2.24) is 9.97 Å². The van der Waals surface area contributed by atoms with Crippen LogP contribution >= 0.6 is 15.9 Å². The number of aliphatic imine (C=N–C) groups is 1. The topological polar surface area (TPSA) is 70.8 Å². The first-order chi connectivity index (χ1) is 18.1. The smallest absolute Gasteiger partial charge is 0.318 e. The highest BCUT2D eigenvalue weighted by atomic mass is 79.9. The number of hydrogen-bond acceptors (Lipinski definition) is 6. The quantitative estimate of drug-likeness (QED) is 0.236. The normalized spacial score (nSPS) is 23.9. The molecule has 0 radical (unpaired) electrons. The number of aromatic nitrogens is 2. The number of rotatable bonds is 13. The van der Waals surface area contributed by atoms with Gasteiger partial charge in [0.1, 0.15) is 5.82 Å². The van der Waals surface area contributed by atoms with E-state index in [0.29, 0.717) is 25.6 Å². The van der Waals surface area contributed by atoms with Gasteiger partial charge in [0.15, 0.2) is 0 Å². The van der Waals surface area contributed by atoms with Crippen LogP contribution in [-0.2, 0) is 0 Å².